The fourth-order valence-electron chi connectivity index (χ4n) is 2.24. The fourth-order valence-corrected chi connectivity index (χ4v) is 2.24. The molecule has 0 aromatic rings. The van der Waals surface area contributed by atoms with Crippen LogP contribution in [0.4, 0.5) is 0 Å². The van der Waals surface area contributed by atoms with Crippen LogP contribution < -0.4 is 5.32 Å². The Hall–Kier alpha value is -0.160. The molecular formula is C14H32N2O2. The van der Waals surface area contributed by atoms with E-state index in [-0.39, 0.29) is 0 Å². The fraction of sp³-hybridized carbons (Fsp3) is 1.00. The van der Waals surface area contributed by atoms with Crippen LogP contribution in [0.5, 0.6) is 0 Å². The lowest BCUT2D eigenvalue weighted by molar-refractivity contribution is 0.0456. The minimum absolute atomic E-state index is 0.429. The molecule has 0 saturated carbocycles. The van der Waals surface area contributed by atoms with Crippen molar-refractivity contribution in [3.8, 4) is 0 Å². The Morgan fingerprint density at radius 3 is 2.39 bits per heavy atom. The Kier molecular flexibility index (Phi) is 11.8. The van der Waals surface area contributed by atoms with Crippen molar-refractivity contribution in [3.63, 3.8) is 0 Å². The maximum Gasteiger partial charge on any atom is 0.0615 e. The molecule has 110 valence electrons. The Morgan fingerprint density at radius 1 is 1.17 bits per heavy atom. The van der Waals surface area contributed by atoms with Gasteiger partial charge in [-0.05, 0) is 26.3 Å². The Morgan fingerprint density at radius 2 is 1.89 bits per heavy atom. The third-order valence-electron chi connectivity index (χ3n) is 3.27. The van der Waals surface area contributed by atoms with Crippen LogP contribution in [0, 0.1) is 0 Å². The standard InChI is InChI=1S/C14H32N2O2/c1-6-8-15-11-14(7-2)16(9-10-17-4)13(3)12-18-5/h13-15H,6-12H2,1-5H3. The number of nitrogens with one attached hydrogen (secondary N) is 1. The first kappa shape index (κ1) is 17.8. The van der Waals surface area contributed by atoms with Crippen molar-refractivity contribution >= 4 is 0 Å². The highest BCUT2D eigenvalue weighted by Gasteiger charge is 2.21. The summed E-state index contributed by atoms with van der Waals surface area (Å²) in [5.41, 5.74) is 0. The van der Waals surface area contributed by atoms with E-state index in [0.717, 1.165) is 39.3 Å². The summed E-state index contributed by atoms with van der Waals surface area (Å²) in [6.07, 6.45) is 2.33. The highest BCUT2D eigenvalue weighted by Crippen LogP contribution is 2.09. The first-order valence-electron chi connectivity index (χ1n) is 7.15. The lowest BCUT2D eigenvalue weighted by Crippen LogP contribution is -2.49. The van der Waals surface area contributed by atoms with Gasteiger partial charge in [0.25, 0.3) is 0 Å². The summed E-state index contributed by atoms with van der Waals surface area (Å²) in [6, 6.07) is 0.982. The predicted molar refractivity (Wildman–Crippen MR) is 77.2 cm³/mol. The molecule has 0 aromatic carbocycles. The molecule has 4 heteroatoms. The Labute approximate surface area is 113 Å². The highest BCUT2D eigenvalue weighted by atomic mass is 16.5. The summed E-state index contributed by atoms with van der Waals surface area (Å²) in [6.45, 7) is 11.3. The lowest BCUT2D eigenvalue weighted by Gasteiger charge is -2.36. The van der Waals surface area contributed by atoms with Crippen molar-refractivity contribution in [2.45, 2.75) is 45.7 Å². The lowest BCUT2D eigenvalue weighted by atomic mass is 10.1. The van der Waals surface area contributed by atoms with Gasteiger partial charge >= 0.3 is 0 Å². The van der Waals surface area contributed by atoms with E-state index < -0.39 is 0 Å². The largest absolute Gasteiger partial charge is 0.383 e. The van der Waals surface area contributed by atoms with Gasteiger partial charge in [-0.3, -0.25) is 4.90 Å². The zero-order valence-electron chi connectivity index (χ0n) is 12.9. The average Bonchev–Trinajstić information content (AvgIpc) is 2.37. The van der Waals surface area contributed by atoms with E-state index in [9.17, 15) is 0 Å². The molecule has 0 bridgehead atoms. The monoisotopic (exact) mass is 260 g/mol. The van der Waals surface area contributed by atoms with Gasteiger partial charge in [-0.2, -0.15) is 0 Å². The van der Waals surface area contributed by atoms with E-state index in [1.54, 1.807) is 14.2 Å². The molecule has 0 radical (unpaired) electrons. The summed E-state index contributed by atoms with van der Waals surface area (Å²) in [7, 11) is 3.52. The van der Waals surface area contributed by atoms with Crippen molar-refractivity contribution in [1.29, 1.82) is 0 Å². The minimum atomic E-state index is 0.429. The first-order chi connectivity index (χ1) is 8.71. The van der Waals surface area contributed by atoms with E-state index in [4.69, 9.17) is 9.47 Å². The molecule has 0 saturated heterocycles. The second-order valence-corrected chi connectivity index (χ2v) is 4.80. The maximum atomic E-state index is 5.28. The van der Waals surface area contributed by atoms with Gasteiger partial charge in [0.2, 0.25) is 0 Å². The molecule has 2 unspecified atom stereocenters. The zero-order valence-corrected chi connectivity index (χ0v) is 12.9. The summed E-state index contributed by atoms with van der Waals surface area (Å²) < 4.78 is 10.5. The number of methoxy groups -OCH3 is 2. The molecule has 0 fully saturated rings. The van der Waals surface area contributed by atoms with Gasteiger partial charge in [0, 0.05) is 39.4 Å². The molecule has 2 atom stereocenters. The summed E-state index contributed by atoms with van der Waals surface area (Å²) in [5, 5.41) is 3.52. The van der Waals surface area contributed by atoms with E-state index >= 15 is 0 Å². The van der Waals surface area contributed by atoms with Gasteiger partial charge in [-0.25, -0.2) is 0 Å². The molecular weight excluding hydrogens is 228 g/mol. The van der Waals surface area contributed by atoms with Crippen LogP contribution in [-0.2, 0) is 9.47 Å². The van der Waals surface area contributed by atoms with E-state index in [1.807, 2.05) is 0 Å². The molecule has 0 aliphatic rings. The molecule has 0 aliphatic heterocycles. The van der Waals surface area contributed by atoms with Gasteiger partial charge in [-0.1, -0.05) is 13.8 Å². The number of ether oxygens (including phenoxy) is 2. The van der Waals surface area contributed by atoms with Gasteiger partial charge in [0.1, 0.15) is 0 Å². The Balaban J connectivity index is 4.35. The molecule has 0 spiro atoms. The SMILES string of the molecule is CCCNCC(CC)N(CCOC)C(C)COC. The van der Waals surface area contributed by atoms with Crippen molar-refractivity contribution in [2.75, 3.05) is 47.1 Å². The van der Waals surface area contributed by atoms with Gasteiger partial charge in [0.15, 0.2) is 0 Å². The molecule has 18 heavy (non-hydrogen) atoms. The Bertz CT molecular complexity index is 179. The van der Waals surface area contributed by atoms with Gasteiger partial charge in [0.05, 0.1) is 13.2 Å². The molecule has 0 amide bonds. The number of rotatable bonds is 12. The first-order valence-corrected chi connectivity index (χ1v) is 7.15. The van der Waals surface area contributed by atoms with Crippen molar-refractivity contribution in [2.24, 2.45) is 0 Å². The van der Waals surface area contributed by atoms with Crippen LogP contribution >= 0.6 is 0 Å². The molecule has 0 rings (SSSR count). The van der Waals surface area contributed by atoms with E-state index in [0.29, 0.717) is 12.1 Å². The normalized spacial score (nSPS) is 15.0. The van der Waals surface area contributed by atoms with Gasteiger partial charge < -0.3 is 14.8 Å². The maximum absolute atomic E-state index is 5.28. The molecule has 0 aliphatic carbocycles. The summed E-state index contributed by atoms with van der Waals surface area (Å²) in [4.78, 5) is 2.50. The van der Waals surface area contributed by atoms with Crippen molar-refractivity contribution in [3.05, 3.63) is 0 Å². The quantitative estimate of drug-likeness (QED) is 0.542. The smallest absolute Gasteiger partial charge is 0.0615 e. The van der Waals surface area contributed by atoms with Crippen LogP contribution in [0.15, 0.2) is 0 Å². The van der Waals surface area contributed by atoms with Crippen molar-refractivity contribution < 1.29 is 9.47 Å². The van der Waals surface area contributed by atoms with Gasteiger partial charge in [-0.15, -0.1) is 0 Å². The third-order valence-corrected chi connectivity index (χ3v) is 3.27. The average molecular weight is 260 g/mol. The second-order valence-electron chi connectivity index (χ2n) is 4.80. The van der Waals surface area contributed by atoms with Crippen LogP contribution in [0.25, 0.3) is 0 Å². The van der Waals surface area contributed by atoms with Crippen LogP contribution in [-0.4, -0.2) is 64.1 Å². The number of hydrogen-bond donors (Lipinski definition) is 1. The van der Waals surface area contributed by atoms with Crippen LogP contribution in [0.3, 0.4) is 0 Å². The van der Waals surface area contributed by atoms with Crippen molar-refractivity contribution in [1.82, 2.24) is 10.2 Å². The van der Waals surface area contributed by atoms with E-state index in [2.05, 4.69) is 31.0 Å². The van der Waals surface area contributed by atoms with Crippen LogP contribution in [0.2, 0.25) is 0 Å². The van der Waals surface area contributed by atoms with E-state index in [1.165, 1.54) is 6.42 Å². The molecule has 0 aromatic heterocycles. The predicted octanol–water partition coefficient (Wildman–Crippen LogP) is 1.75. The topological polar surface area (TPSA) is 33.7 Å². The number of hydrogen-bond acceptors (Lipinski definition) is 4. The summed E-state index contributed by atoms with van der Waals surface area (Å²) >= 11 is 0. The number of nitrogens with zero attached hydrogens (tertiary/aromatic N) is 1. The minimum Gasteiger partial charge on any atom is -0.383 e. The third kappa shape index (κ3) is 7.31. The zero-order chi connectivity index (χ0) is 13.8. The summed E-state index contributed by atoms with van der Waals surface area (Å²) in [5.74, 6) is 0. The molecule has 0 heterocycles. The molecule has 4 nitrogen and oxygen atoms in total. The second kappa shape index (κ2) is 11.9. The van der Waals surface area contributed by atoms with Crippen LogP contribution in [0.1, 0.15) is 33.6 Å². The highest BCUT2D eigenvalue weighted by molar-refractivity contribution is 4.77. The molecule has 1 N–H and O–H groups in total.